The van der Waals surface area contributed by atoms with E-state index in [1.807, 2.05) is 37.3 Å². The summed E-state index contributed by atoms with van der Waals surface area (Å²) in [5, 5.41) is 7.08. The second-order valence-corrected chi connectivity index (χ2v) is 6.01. The van der Waals surface area contributed by atoms with Crippen LogP contribution in [0.4, 0.5) is 11.6 Å². The molecule has 0 aliphatic heterocycles. The van der Waals surface area contributed by atoms with Crippen molar-refractivity contribution in [1.82, 2.24) is 19.6 Å². The molecule has 4 aromatic rings. The maximum Gasteiger partial charge on any atom is 0.253 e. The van der Waals surface area contributed by atoms with E-state index < -0.39 is 0 Å². The maximum absolute atomic E-state index is 6.16. The van der Waals surface area contributed by atoms with E-state index in [4.69, 9.17) is 21.1 Å². The first kappa shape index (κ1) is 15.6. The van der Waals surface area contributed by atoms with E-state index in [1.165, 1.54) is 0 Å². The number of H-pyrrole nitrogens is 1. The monoisotopic (exact) mass is 357 g/mol. The zero-order valence-electron chi connectivity index (χ0n) is 13.9. The molecule has 0 aliphatic carbocycles. The number of methoxy groups -OCH3 is 2. The quantitative estimate of drug-likeness (QED) is 0.578. The van der Waals surface area contributed by atoms with Crippen LogP contribution in [0.25, 0.3) is 16.8 Å². The van der Waals surface area contributed by atoms with Gasteiger partial charge in [-0.3, -0.25) is 5.10 Å². The number of imidazole rings is 1. The first-order valence-corrected chi connectivity index (χ1v) is 8.00. The highest BCUT2D eigenvalue weighted by Gasteiger charge is 2.14. The van der Waals surface area contributed by atoms with Crippen molar-refractivity contribution in [2.75, 3.05) is 19.5 Å². The van der Waals surface area contributed by atoms with Crippen molar-refractivity contribution in [1.29, 1.82) is 0 Å². The Morgan fingerprint density at radius 2 is 1.84 bits per heavy atom. The second-order valence-electron chi connectivity index (χ2n) is 5.60. The molecule has 0 radical (unpaired) electrons. The summed E-state index contributed by atoms with van der Waals surface area (Å²) >= 11 is 6.16. The van der Waals surface area contributed by atoms with Gasteiger partial charge < -0.3 is 14.8 Å². The van der Waals surface area contributed by atoms with Gasteiger partial charge in [-0.15, -0.1) is 0 Å². The number of nitrogens with zero attached hydrogens (tertiary/aromatic N) is 3. The third kappa shape index (κ3) is 2.62. The number of hydrogen-bond acceptors (Lipinski definition) is 5. The van der Waals surface area contributed by atoms with Crippen LogP contribution in [-0.2, 0) is 0 Å². The minimum Gasteiger partial charge on any atom is -0.493 e. The Kier molecular flexibility index (Phi) is 3.65. The van der Waals surface area contributed by atoms with Crippen LogP contribution in [0.5, 0.6) is 11.5 Å². The average Bonchev–Trinajstić information content (AvgIpc) is 3.13. The van der Waals surface area contributed by atoms with E-state index in [2.05, 4.69) is 20.4 Å². The molecule has 4 rings (SSSR count). The standard InChI is InChI=1S/C17H16ClN5O2/c1-9-4-5-10(6-11(9)18)19-16-21-17-20-12-7-14(24-2)15(25-3)8-13(12)23(17)22-16/h4-8H,1-3H3,(H2,19,20,21,22). The van der Waals surface area contributed by atoms with Gasteiger partial charge in [-0.1, -0.05) is 17.7 Å². The van der Waals surface area contributed by atoms with Crippen molar-refractivity contribution in [3.05, 3.63) is 40.9 Å². The molecule has 0 spiro atoms. The Morgan fingerprint density at radius 1 is 1.08 bits per heavy atom. The zero-order chi connectivity index (χ0) is 17.6. The van der Waals surface area contributed by atoms with Gasteiger partial charge in [-0.2, -0.15) is 4.98 Å². The fraction of sp³-hybridized carbons (Fsp3) is 0.176. The molecule has 0 saturated carbocycles. The molecular weight excluding hydrogens is 342 g/mol. The van der Waals surface area contributed by atoms with Crippen molar-refractivity contribution < 1.29 is 9.47 Å². The van der Waals surface area contributed by atoms with Gasteiger partial charge in [-0.05, 0) is 24.6 Å². The summed E-state index contributed by atoms with van der Waals surface area (Å²) in [6.07, 6.45) is 0. The lowest BCUT2D eigenvalue weighted by Gasteiger charge is -2.07. The number of hydrogen-bond donors (Lipinski definition) is 2. The third-order valence-electron chi connectivity index (χ3n) is 4.01. The number of aryl methyl sites for hydroxylation is 1. The molecule has 0 amide bonds. The number of nitrogens with one attached hydrogen (secondary N) is 2. The minimum absolute atomic E-state index is 0.547. The predicted octanol–water partition coefficient (Wildman–Crippen LogP) is 3.93. The normalized spacial score (nSPS) is 11.2. The van der Waals surface area contributed by atoms with E-state index in [0.29, 0.717) is 28.2 Å². The molecule has 7 nitrogen and oxygen atoms in total. The number of fused-ring (bicyclic) bond motifs is 3. The summed E-state index contributed by atoms with van der Waals surface area (Å²) in [6, 6.07) is 9.43. The van der Waals surface area contributed by atoms with E-state index in [0.717, 1.165) is 22.3 Å². The lowest BCUT2D eigenvalue weighted by molar-refractivity contribution is 0.355. The van der Waals surface area contributed by atoms with Gasteiger partial charge in [0.05, 0.1) is 25.3 Å². The van der Waals surface area contributed by atoms with Crippen LogP contribution in [0.1, 0.15) is 5.56 Å². The molecule has 2 heterocycles. The van der Waals surface area contributed by atoms with Crippen molar-refractivity contribution in [3.8, 4) is 11.5 Å². The summed E-state index contributed by atoms with van der Waals surface area (Å²) in [4.78, 5) is 8.98. The molecule has 0 bridgehead atoms. The number of ether oxygens (including phenoxy) is 2. The number of halogens is 1. The zero-order valence-corrected chi connectivity index (χ0v) is 14.7. The van der Waals surface area contributed by atoms with Crippen LogP contribution in [0.3, 0.4) is 0 Å². The highest BCUT2D eigenvalue weighted by Crippen LogP contribution is 2.32. The molecule has 2 aromatic heterocycles. The Balaban J connectivity index is 1.76. The van der Waals surface area contributed by atoms with Gasteiger partial charge in [0.25, 0.3) is 5.78 Å². The van der Waals surface area contributed by atoms with Crippen molar-refractivity contribution in [3.63, 3.8) is 0 Å². The van der Waals surface area contributed by atoms with Crippen molar-refractivity contribution >= 4 is 40.0 Å². The predicted molar refractivity (Wildman–Crippen MR) is 97.4 cm³/mol. The molecule has 0 fully saturated rings. The number of benzene rings is 2. The van der Waals surface area contributed by atoms with E-state index in [-0.39, 0.29) is 0 Å². The first-order valence-electron chi connectivity index (χ1n) is 7.62. The van der Waals surface area contributed by atoms with Crippen molar-refractivity contribution in [2.24, 2.45) is 0 Å². The second kappa shape index (κ2) is 5.86. The summed E-state index contributed by atoms with van der Waals surface area (Å²) in [7, 11) is 3.20. The molecule has 2 N–H and O–H groups in total. The smallest absolute Gasteiger partial charge is 0.253 e. The third-order valence-corrected chi connectivity index (χ3v) is 4.41. The van der Waals surface area contributed by atoms with Crippen LogP contribution < -0.4 is 14.8 Å². The highest BCUT2D eigenvalue weighted by atomic mass is 35.5. The SMILES string of the molecule is COc1cc2nc3nc(Nc4ccc(C)c(Cl)c4)[nH]n3c2cc1OC. The van der Waals surface area contributed by atoms with Gasteiger partial charge >= 0.3 is 0 Å². The number of aromatic nitrogens is 4. The topological polar surface area (TPSA) is 76.5 Å². The average molecular weight is 358 g/mol. The fourth-order valence-corrected chi connectivity index (χ4v) is 2.85. The number of rotatable bonds is 4. The lowest BCUT2D eigenvalue weighted by atomic mass is 10.2. The number of anilines is 2. The summed E-state index contributed by atoms with van der Waals surface area (Å²) in [5.41, 5.74) is 3.47. The van der Waals surface area contributed by atoms with Gasteiger partial charge in [0.2, 0.25) is 5.95 Å². The summed E-state index contributed by atoms with van der Waals surface area (Å²) < 4.78 is 12.5. The molecule has 0 saturated heterocycles. The molecule has 0 unspecified atom stereocenters. The molecular formula is C17H16ClN5O2. The molecule has 0 aliphatic rings. The van der Waals surface area contributed by atoms with Crippen LogP contribution in [-0.4, -0.2) is 33.8 Å². The summed E-state index contributed by atoms with van der Waals surface area (Å²) in [5.74, 6) is 2.37. The fourth-order valence-electron chi connectivity index (χ4n) is 2.67. The Labute approximate surface area is 148 Å². The lowest BCUT2D eigenvalue weighted by Crippen LogP contribution is -1.95. The first-order chi connectivity index (χ1) is 12.1. The van der Waals surface area contributed by atoms with Crippen LogP contribution in [0, 0.1) is 6.92 Å². The number of aromatic amines is 1. The van der Waals surface area contributed by atoms with Gasteiger partial charge in [0.1, 0.15) is 0 Å². The van der Waals surface area contributed by atoms with E-state index in [9.17, 15) is 0 Å². The Morgan fingerprint density at radius 3 is 2.56 bits per heavy atom. The Bertz CT molecular complexity index is 1090. The molecule has 25 heavy (non-hydrogen) atoms. The van der Waals surface area contributed by atoms with Crippen molar-refractivity contribution in [2.45, 2.75) is 6.92 Å². The maximum atomic E-state index is 6.16. The largest absolute Gasteiger partial charge is 0.493 e. The van der Waals surface area contributed by atoms with Crippen LogP contribution in [0.2, 0.25) is 5.02 Å². The van der Waals surface area contributed by atoms with E-state index >= 15 is 0 Å². The van der Waals surface area contributed by atoms with Gasteiger partial charge in [0, 0.05) is 22.8 Å². The van der Waals surface area contributed by atoms with Gasteiger partial charge in [0.15, 0.2) is 11.5 Å². The van der Waals surface area contributed by atoms with E-state index in [1.54, 1.807) is 18.7 Å². The molecule has 0 atom stereocenters. The highest BCUT2D eigenvalue weighted by molar-refractivity contribution is 6.31. The minimum atomic E-state index is 0.547. The van der Waals surface area contributed by atoms with Crippen LogP contribution >= 0.6 is 11.6 Å². The molecule has 128 valence electrons. The molecule has 8 heteroatoms. The van der Waals surface area contributed by atoms with Gasteiger partial charge in [-0.25, -0.2) is 9.50 Å². The van der Waals surface area contributed by atoms with Crippen LogP contribution in [0.15, 0.2) is 30.3 Å². The Hall–Kier alpha value is -2.93. The summed E-state index contributed by atoms with van der Waals surface area (Å²) in [6.45, 7) is 1.96. The molecule has 2 aromatic carbocycles.